The molecule has 0 heterocycles. The van der Waals surface area contributed by atoms with E-state index in [0.29, 0.717) is 74.5 Å². The molecule has 0 unspecified atom stereocenters. The second-order valence-electron chi connectivity index (χ2n) is 20.0. The fourth-order valence-electron chi connectivity index (χ4n) is 10.4. The van der Waals surface area contributed by atoms with Crippen molar-refractivity contribution in [3.05, 3.63) is 152 Å². The Balaban J connectivity index is 1.61. The number of aromatic hydroxyl groups is 2. The van der Waals surface area contributed by atoms with Crippen LogP contribution >= 0.6 is 0 Å². The van der Waals surface area contributed by atoms with E-state index in [1.54, 1.807) is 50.6 Å². The Hall–Kier alpha value is -6.88. The highest BCUT2D eigenvalue weighted by Gasteiger charge is 2.48. The Morgan fingerprint density at radius 1 is 0.560 bits per heavy atom. The van der Waals surface area contributed by atoms with Crippen LogP contribution in [0.1, 0.15) is 162 Å². The van der Waals surface area contributed by atoms with Crippen LogP contribution in [-0.4, -0.2) is 72.2 Å². The minimum absolute atomic E-state index is 0.0310. The second kappa shape index (κ2) is 32.4. The summed E-state index contributed by atoms with van der Waals surface area (Å²) in [5, 5.41) is 30.2. The molecule has 5 rings (SSSR count). The Kier molecular flexibility index (Phi) is 25.5. The quantitative estimate of drug-likeness (QED) is 0.0147. The number of aryl methyl sites for hydroxylation is 2. The van der Waals surface area contributed by atoms with Crippen molar-refractivity contribution < 1.29 is 29.3 Å². The van der Waals surface area contributed by atoms with E-state index in [2.05, 4.69) is 69.6 Å². The summed E-state index contributed by atoms with van der Waals surface area (Å²) in [4.78, 5) is 41.1. The largest absolute Gasteiger partial charge is 0.507 e. The number of phenols is 2. The molecule has 402 valence electrons. The fraction of sp³-hybridized carbons (Fsp3) is 0.508. The number of methoxy groups -OCH3 is 2. The van der Waals surface area contributed by atoms with E-state index >= 15 is 9.59 Å². The molecule has 1 aliphatic rings. The summed E-state index contributed by atoms with van der Waals surface area (Å²) in [6.45, 7) is 9.61. The summed E-state index contributed by atoms with van der Waals surface area (Å²) in [5.74, 6) is 0.808. The average Bonchev–Trinajstić information content (AvgIpc) is 3.70. The number of azide groups is 2. The van der Waals surface area contributed by atoms with E-state index in [0.717, 1.165) is 136 Å². The van der Waals surface area contributed by atoms with Gasteiger partial charge in [-0.3, -0.25) is 9.59 Å². The van der Waals surface area contributed by atoms with Gasteiger partial charge in [0.1, 0.15) is 23.0 Å². The lowest BCUT2D eigenvalue weighted by Crippen LogP contribution is -2.42. The van der Waals surface area contributed by atoms with Crippen molar-refractivity contribution in [3.8, 4) is 34.1 Å². The first-order valence-electron chi connectivity index (χ1n) is 27.4. The van der Waals surface area contributed by atoms with Gasteiger partial charge in [-0.15, -0.1) is 13.2 Å². The van der Waals surface area contributed by atoms with E-state index in [9.17, 15) is 10.2 Å². The van der Waals surface area contributed by atoms with Crippen molar-refractivity contribution in [2.75, 3.05) is 40.4 Å². The highest BCUT2D eigenvalue weighted by molar-refractivity contribution is 5.91. The standard InChI is InChI=1S/C61H82N8O6/c1-5-7-9-11-13-15-17-19-21-37-68(45-49-29-31-51(74-3)41-57(49)70)59(72)43-61(44-60(73)69(38-22-20-18-16-14-12-10-8-6-2)46-50-30-32-52(75-4)42-58(50)71)55-39-47(25-23-35-64-66-62)27-33-53(55)54-34-28-48(40-56(54)61)26-24-36-65-67-63/h5-6,27-34,39-42,70-71H,1-2,7-26,35-38,43-46H2,3-4H3. The Morgan fingerprint density at radius 3 is 1.31 bits per heavy atom. The van der Waals surface area contributed by atoms with Crippen LogP contribution in [0.25, 0.3) is 32.0 Å². The minimum Gasteiger partial charge on any atom is -0.507 e. The van der Waals surface area contributed by atoms with Gasteiger partial charge in [0.15, 0.2) is 0 Å². The maximum atomic E-state index is 15.7. The van der Waals surface area contributed by atoms with Gasteiger partial charge < -0.3 is 29.5 Å². The summed E-state index contributed by atoms with van der Waals surface area (Å²) < 4.78 is 10.8. The molecule has 2 amide bonds. The Bertz CT molecular complexity index is 2390. The van der Waals surface area contributed by atoms with Crippen LogP contribution in [0.15, 0.2) is 108 Å². The van der Waals surface area contributed by atoms with Crippen LogP contribution in [0.4, 0.5) is 0 Å². The summed E-state index contributed by atoms with van der Waals surface area (Å²) in [6.07, 6.45) is 23.1. The SMILES string of the molecule is C=CCCCCCCCCCN(Cc1ccc(OC)cc1O)C(=O)CC1(CC(=O)N(CCCCCCCCCC=C)Cc2ccc(OC)cc2O)c2cc(CCCN=[N+]=[N-])ccc2-c2ccc(CCCN=[N+]=[N-])cc21. The number of fused-ring (bicyclic) bond motifs is 3. The summed E-state index contributed by atoms with van der Waals surface area (Å²) in [6, 6.07) is 23.0. The maximum Gasteiger partial charge on any atom is 0.224 e. The minimum atomic E-state index is -1.14. The molecule has 2 N–H and O–H groups in total. The fourth-order valence-corrected chi connectivity index (χ4v) is 10.4. The van der Waals surface area contributed by atoms with Gasteiger partial charge in [0.2, 0.25) is 11.8 Å². The van der Waals surface area contributed by atoms with Gasteiger partial charge in [0.05, 0.1) is 14.2 Å². The monoisotopic (exact) mass is 1020 g/mol. The molecule has 14 nitrogen and oxygen atoms in total. The molecule has 0 saturated carbocycles. The molecule has 0 bridgehead atoms. The van der Waals surface area contributed by atoms with Gasteiger partial charge >= 0.3 is 0 Å². The first-order valence-corrected chi connectivity index (χ1v) is 27.4. The lowest BCUT2D eigenvalue weighted by Gasteiger charge is -2.36. The van der Waals surface area contributed by atoms with Gasteiger partial charge in [-0.1, -0.05) is 123 Å². The van der Waals surface area contributed by atoms with Crippen LogP contribution in [0.5, 0.6) is 23.0 Å². The molecule has 14 heteroatoms. The number of phenolic OH excluding ortho intramolecular Hbond substituents is 2. The van der Waals surface area contributed by atoms with Crippen LogP contribution in [0, 0.1) is 0 Å². The molecule has 4 aromatic carbocycles. The first-order chi connectivity index (χ1) is 36.6. The maximum absolute atomic E-state index is 15.7. The molecule has 0 aliphatic heterocycles. The number of unbranched alkanes of at least 4 members (excludes halogenated alkanes) is 14. The van der Waals surface area contributed by atoms with Crippen LogP contribution in [-0.2, 0) is 40.9 Å². The first kappa shape index (κ1) is 59.0. The highest BCUT2D eigenvalue weighted by atomic mass is 16.5. The van der Waals surface area contributed by atoms with Crippen LogP contribution < -0.4 is 9.47 Å². The van der Waals surface area contributed by atoms with E-state index < -0.39 is 5.41 Å². The van der Waals surface area contributed by atoms with Gasteiger partial charge in [0, 0.05) is 90.6 Å². The third kappa shape index (κ3) is 18.2. The van der Waals surface area contributed by atoms with Gasteiger partial charge in [-0.05, 0) is 133 Å². The predicted octanol–water partition coefficient (Wildman–Crippen LogP) is 15.3. The number of benzene rings is 4. The van der Waals surface area contributed by atoms with Gasteiger partial charge in [0.25, 0.3) is 0 Å². The molecule has 75 heavy (non-hydrogen) atoms. The predicted molar refractivity (Wildman–Crippen MR) is 301 cm³/mol. The van der Waals surface area contributed by atoms with Crippen molar-refractivity contribution in [2.24, 2.45) is 10.2 Å². The number of ether oxygens (including phenoxy) is 2. The molecule has 0 saturated heterocycles. The third-order valence-electron chi connectivity index (χ3n) is 14.7. The van der Waals surface area contributed by atoms with Crippen molar-refractivity contribution in [1.82, 2.24) is 9.80 Å². The Morgan fingerprint density at radius 2 is 0.947 bits per heavy atom. The number of nitrogens with zero attached hydrogens (tertiary/aromatic N) is 8. The van der Waals surface area contributed by atoms with E-state index in [-0.39, 0.29) is 49.2 Å². The summed E-state index contributed by atoms with van der Waals surface area (Å²) in [7, 11) is 3.10. The van der Waals surface area contributed by atoms with Crippen LogP contribution in [0.2, 0.25) is 0 Å². The van der Waals surface area contributed by atoms with Gasteiger partial charge in [-0.25, -0.2) is 0 Å². The molecule has 4 aromatic rings. The molecular formula is C61H82N8O6. The molecule has 0 aromatic heterocycles. The molecular weight excluding hydrogens is 941 g/mol. The lowest BCUT2D eigenvalue weighted by atomic mass is 9.71. The number of carbonyl (C=O) groups excluding carboxylic acids is 2. The smallest absolute Gasteiger partial charge is 0.224 e. The van der Waals surface area contributed by atoms with Gasteiger partial charge in [-0.2, -0.15) is 0 Å². The van der Waals surface area contributed by atoms with E-state index in [1.165, 1.54) is 0 Å². The molecule has 0 radical (unpaired) electrons. The second-order valence-corrected chi connectivity index (χ2v) is 20.0. The number of hydrogen-bond donors (Lipinski definition) is 2. The van der Waals surface area contributed by atoms with E-state index in [4.69, 9.17) is 20.5 Å². The molecule has 0 fully saturated rings. The number of hydrogen-bond acceptors (Lipinski definition) is 8. The number of allylic oxidation sites excluding steroid dienone is 2. The van der Waals surface area contributed by atoms with Crippen LogP contribution in [0.3, 0.4) is 0 Å². The summed E-state index contributed by atoms with van der Waals surface area (Å²) >= 11 is 0. The normalized spacial score (nSPS) is 11.9. The zero-order valence-corrected chi connectivity index (χ0v) is 44.9. The van der Waals surface area contributed by atoms with Crippen molar-refractivity contribution in [1.29, 1.82) is 0 Å². The topological polar surface area (TPSA) is 197 Å². The van der Waals surface area contributed by atoms with Crippen molar-refractivity contribution in [3.63, 3.8) is 0 Å². The van der Waals surface area contributed by atoms with Crippen molar-refractivity contribution >= 4 is 11.8 Å². The average molecular weight is 1020 g/mol. The third-order valence-corrected chi connectivity index (χ3v) is 14.7. The van der Waals surface area contributed by atoms with Crippen molar-refractivity contribution in [2.45, 2.75) is 160 Å². The molecule has 1 aliphatic carbocycles. The number of rotatable bonds is 38. The number of carbonyl (C=O) groups is 2. The molecule has 0 atom stereocenters. The zero-order chi connectivity index (χ0) is 53.7. The lowest BCUT2D eigenvalue weighted by molar-refractivity contribution is -0.135. The Labute approximate surface area is 446 Å². The zero-order valence-electron chi connectivity index (χ0n) is 44.9. The highest BCUT2D eigenvalue weighted by Crippen LogP contribution is 2.54. The summed E-state index contributed by atoms with van der Waals surface area (Å²) in [5.41, 5.74) is 23.8. The van der Waals surface area contributed by atoms with E-state index in [1.807, 2.05) is 22.0 Å². The molecule has 0 spiro atoms. The number of amides is 2.